The maximum Gasteiger partial charge on any atom is 0.335 e. The number of carboxylic acid groups (broad SMARTS) is 1. The summed E-state index contributed by atoms with van der Waals surface area (Å²) in [5, 5.41) is 17.3. The van der Waals surface area contributed by atoms with Crippen molar-refractivity contribution in [1.82, 2.24) is 0 Å². The van der Waals surface area contributed by atoms with Crippen molar-refractivity contribution in [3.05, 3.63) is 39.9 Å². The van der Waals surface area contributed by atoms with Gasteiger partial charge in [0.25, 0.3) is 0 Å². The molecule has 0 bridgehead atoms. The summed E-state index contributed by atoms with van der Waals surface area (Å²) in [6.45, 7) is 0.959. The Bertz CT molecular complexity index is 547. The van der Waals surface area contributed by atoms with E-state index in [1.54, 1.807) is 0 Å². The molecule has 0 saturated heterocycles. The fraction of sp³-hybridized carbons (Fsp3) is 0.222. The lowest BCUT2D eigenvalue weighted by atomic mass is 10.2. The number of nitrogens with zero attached hydrogens (tertiary/aromatic N) is 1. The predicted molar refractivity (Wildman–Crippen MR) is 57.0 cm³/mol. The third-order valence-electron chi connectivity index (χ3n) is 2.18. The monoisotopic (exact) mass is 259 g/mol. The van der Waals surface area contributed by atoms with Crippen molar-refractivity contribution in [2.24, 2.45) is 0 Å². The molecule has 0 heterocycles. The van der Waals surface area contributed by atoms with Gasteiger partial charge in [-0.3, -0.25) is 10.1 Å². The number of benzene rings is 1. The van der Waals surface area contributed by atoms with E-state index in [1.165, 1.54) is 0 Å². The molecular formula is C9H9NO6S. The largest absolute Gasteiger partial charge is 0.478 e. The zero-order chi connectivity index (χ0) is 13.2. The van der Waals surface area contributed by atoms with Crippen LogP contribution in [0.2, 0.25) is 0 Å². The first-order valence-electron chi connectivity index (χ1n) is 4.47. The molecule has 1 atom stereocenters. The third kappa shape index (κ3) is 2.59. The van der Waals surface area contributed by atoms with Crippen molar-refractivity contribution in [3.8, 4) is 0 Å². The minimum atomic E-state index is -4.07. The fourth-order valence-corrected chi connectivity index (χ4v) is 2.23. The Morgan fingerprint density at radius 3 is 2.18 bits per heavy atom. The molecule has 92 valence electrons. The molecule has 8 heteroatoms. The maximum absolute atomic E-state index is 11.7. The number of sulfone groups is 1. The van der Waals surface area contributed by atoms with E-state index in [0.717, 1.165) is 31.2 Å². The van der Waals surface area contributed by atoms with Gasteiger partial charge in [-0.05, 0) is 24.3 Å². The second-order valence-electron chi connectivity index (χ2n) is 3.26. The number of carboxylic acids is 1. The van der Waals surface area contributed by atoms with Gasteiger partial charge in [-0.2, -0.15) is 0 Å². The van der Waals surface area contributed by atoms with E-state index in [-0.39, 0.29) is 10.5 Å². The molecule has 1 aromatic rings. The summed E-state index contributed by atoms with van der Waals surface area (Å²) in [5.74, 6) is -1.20. The van der Waals surface area contributed by atoms with E-state index in [2.05, 4.69) is 0 Å². The van der Waals surface area contributed by atoms with Crippen LogP contribution in [0.25, 0.3) is 0 Å². The van der Waals surface area contributed by atoms with Crippen LogP contribution in [0.5, 0.6) is 0 Å². The Hall–Kier alpha value is -1.96. The lowest BCUT2D eigenvalue weighted by Crippen LogP contribution is -2.26. The van der Waals surface area contributed by atoms with Crippen LogP contribution in [0.3, 0.4) is 0 Å². The lowest BCUT2D eigenvalue weighted by molar-refractivity contribution is -0.493. The number of carbonyl (C=O) groups is 1. The van der Waals surface area contributed by atoms with E-state index in [0.29, 0.717) is 0 Å². The molecule has 0 amide bonds. The molecule has 17 heavy (non-hydrogen) atoms. The summed E-state index contributed by atoms with van der Waals surface area (Å²) >= 11 is 0. The highest BCUT2D eigenvalue weighted by atomic mass is 32.2. The molecule has 0 radical (unpaired) electrons. The SMILES string of the molecule is CC([N+](=O)[O-])S(=O)(=O)c1ccc(C(=O)O)cc1. The van der Waals surface area contributed by atoms with Gasteiger partial charge in [-0.15, -0.1) is 0 Å². The zero-order valence-corrected chi connectivity index (χ0v) is 9.55. The van der Waals surface area contributed by atoms with Crippen LogP contribution >= 0.6 is 0 Å². The number of rotatable bonds is 4. The Balaban J connectivity index is 3.17. The summed E-state index contributed by atoms with van der Waals surface area (Å²) in [6.07, 6.45) is 0. The first-order chi connectivity index (χ1) is 7.76. The molecule has 1 unspecified atom stereocenters. The summed E-state index contributed by atoms with van der Waals surface area (Å²) < 4.78 is 23.3. The Labute approximate surface area is 96.8 Å². The van der Waals surface area contributed by atoms with Crippen LogP contribution in [0, 0.1) is 10.1 Å². The van der Waals surface area contributed by atoms with E-state index in [4.69, 9.17) is 5.11 Å². The van der Waals surface area contributed by atoms with Crippen molar-refractivity contribution in [2.75, 3.05) is 0 Å². The van der Waals surface area contributed by atoms with E-state index in [9.17, 15) is 23.3 Å². The maximum atomic E-state index is 11.7. The van der Waals surface area contributed by atoms with Gasteiger partial charge >= 0.3 is 11.3 Å². The zero-order valence-electron chi connectivity index (χ0n) is 8.73. The number of aromatic carboxylic acids is 1. The molecule has 1 N–H and O–H groups in total. The average molecular weight is 259 g/mol. The summed E-state index contributed by atoms with van der Waals surface area (Å²) in [6, 6.07) is 4.25. The van der Waals surface area contributed by atoms with E-state index in [1.807, 2.05) is 0 Å². The first-order valence-corrected chi connectivity index (χ1v) is 6.02. The van der Waals surface area contributed by atoms with Crippen LogP contribution in [0.15, 0.2) is 29.2 Å². The lowest BCUT2D eigenvalue weighted by Gasteiger charge is -2.06. The van der Waals surface area contributed by atoms with Crippen molar-refractivity contribution < 1.29 is 23.2 Å². The van der Waals surface area contributed by atoms with Gasteiger partial charge in [0.15, 0.2) is 0 Å². The van der Waals surface area contributed by atoms with Gasteiger partial charge in [-0.25, -0.2) is 13.2 Å². The minimum absolute atomic E-state index is 0.0855. The van der Waals surface area contributed by atoms with Crippen molar-refractivity contribution >= 4 is 15.8 Å². The van der Waals surface area contributed by atoms with Gasteiger partial charge in [0, 0.05) is 11.8 Å². The van der Waals surface area contributed by atoms with E-state index >= 15 is 0 Å². The summed E-state index contributed by atoms with van der Waals surface area (Å²) in [7, 11) is -4.07. The van der Waals surface area contributed by atoms with Gasteiger partial charge in [0.1, 0.15) is 0 Å². The summed E-state index contributed by atoms with van der Waals surface area (Å²) in [5.41, 5.74) is -0.0855. The normalized spacial score (nSPS) is 13.0. The molecule has 0 fully saturated rings. The Morgan fingerprint density at radius 1 is 1.35 bits per heavy atom. The molecule has 7 nitrogen and oxygen atoms in total. The van der Waals surface area contributed by atoms with Crippen LogP contribution in [0.1, 0.15) is 17.3 Å². The van der Waals surface area contributed by atoms with Crippen molar-refractivity contribution in [3.63, 3.8) is 0 Å². The van der Waals surface area contributed by atoms with Crippen LogP contribution in [-0.4, -0.2) is 29.8 Å². The number of hydrogen-bond donors (Lipinski definition) is 1. The molecule has 0 spiro atoms. The Morgan fingerprint density at radius 2 is 1.82 bits per heavy atom. The molecule has 0 saturated carbocycles. The topological polar surface area (TPSA) is 115 Å². The molecule has 1 aromatic carbocycles. The van der Waals surface area contributed by atoms with Crippen LogP contribution < -0.4 is 0 Å². The molecule has 1 rings (SSSR count). The summed E-state index contributed by atoms with van der Waals surface area (Å²) in [4.78, 5) is 19.8. The third-order valence-corrected chi connectivity index (χ3v) is 4.18. The second-order valence-corrected chi connectivity index (χ2v) is 5.50. The predicted octanol–water partition coefficient (Wildman–Crippen LogP) is 0.781. The smallest absolute Gasteiger partial charge is 0.335 e. The molecule has 0 aliphatic rings. The van der Waals surface area contributed by atoms with Gasteiger partial charge in [0.2, 0.25) is 9.84 Å². The molecule has 0 aliphatic carbocycles. The standard InChI is InChI=1S/C9H9NO6S/c1-6(10(13)14)17(15,16)8-4-2-7(3-5-8)9(11)12/h2-6H,1H3,(H,11,12). The van der Waals surface area contributed by atoms with E-state index < -0.39 is 26.1 Å². The first kappa shape index (κ1) is 13.1. The number of hydrogen-bond acceptors (Lipinski definition) is 5. The van der Waals surface area contributed by atoms with Crippen molar-refractivity contribution in [2.45, 2.75) is 17.2 Å². The minimum Gasteiger partial charge on any atom is -0.478 e. The van der Waals surface area contributed by atoms with Gasteiger partial charge in [0.05, 0.1) is 10.5 Å². The number of nitro groups is 1. The van der Waals surface area contributed by atoms with Crippen molar-refractivity contribution in [1.29, 1.82) is 0 Å². The Kier molecular flexibility index (Phi) is 3.47. The van der Waals surface area contributed by atoms with Crippen LogP contribution in [-0.2, 0) is 9.84 Å². The molecule has 0 aromatic heterocycles. The van der Waals surface area contributed by atoms with Gasteiger partial charge < -0.3 is 5.11 Å². The molecular weight excluding hydrogens is 250 g/mol. The highest BCUT2D eigenvalue weighted by molar-refractivity contribution is 7.91. The molecule has 0 aliphatic heterocycles. The fourth-order valence-electron chi connectivity index (χ4n) is 1.10. The quantitative estimate of drug-likeness (QED) is 0.631. The van der Waals surface area contributed by atoms with Gasteiger partial charge in [-0.1, -0.05) is 0 Å². The highest BCUT2D eigenvalue weighted by Crippen LogP contribution is 2.17. The second kappa shape index (κ2) is 4.50. The highest BCUT2D eigenvalue weighted by Gasteiger charge is 2.32. The average Bonchev–Trinajstić information content (AvgIpc) is 2.27. The van der Waals surface area contributed by atoms with Crippen LogP contribution in [0.4, 0.5) is 0 Å².